The van der Waals surface area contributed by atoms with E-state index in [9.17, 15) is 22.1 Å². The summed E-state index contributed by atoms with van der Waals surface area (Å²) in [4.78, 5) is 6.39. The molecule has 0 aliphatic heterocycles. The van der Waals surface area contributed by atoms with Gasteiger partial charge in [-0.05, 0) is 49.8 Å². The molecule has 0 saturated heterocycles. The summed E-state index contributed by atoms with van der Waals surface area (Å²) in [5.74, 6) is -0.346. The van der Waals surface area contributed by atoms with Gasteiger partial charge in [0.05, 0.1) is 21.9 Å². The molecule has 4 rings (SSSR count). The van der Waals surface area contributed by atoms with Gasteiger partial charge in [0.1, 0.15) is 6.07 Å². The van der Waals surface area contributed by atoms with Gasteiger partial charge in [-0.15, -0.1) is 0 Å². The molecule has 2 aromatic heterocycles. The van der Waals surface area contributed by atoms with Crippen LogP contribution in [0.25, 0.3) is 11.0 Å². The Morgan fingerprint density at radius 1 is 1.12 bits per heavy atom. The molecule has 33 heavy (non-hydrogen) atoms. The molecule has 1 N–H and O–H groups in total. The van der Waals surface area contributed by atoms with E-state index < -0.39 is 20.1 Å². The Morgan fingerprint density at radius 3 is 2.39 bits per heavy atom. The zero-order valence-electron chi connectivity index (χ0n) is 18.0. The molecule has 3 aromatic rings. The van der Waals surface area contributed by atoms with Gasteiger partial charge in [-0.25, -0.2) is 17.4 Å². The number of rotatable bonds is 6. The molecule has 1 saturated carbocycles. The fraction of sp³-hybridized carbons (Fsp3) is 0.364. The minimum absolute atomic E-state index is 0.0365. The van der Waals surface area contributed by atoms with Crippen molar-refractivity contribution in [3.63, 3.8) is 0 Å². The fourth-order valence-corrected chi connectivity index (χ4v) is 6.84. The van der Waals surface area contributed by atoms with Crippen LogP contribution in [0.4, 0.5) is 5.69 Å². The summed E-state index contributed by atoms with van der Waals surface area (Å²) >= 11 is 0. The molecule has 0 unspecified atom stereocenters. The molecule has 1 aromatic carbocycles. The van der Waals surface area contributed by atoms with Gasteiger partial charge in [0, 0.05) is 30.9 Å². The standard InChI is InChI=1S/C22H24N4O5S2/c1-25(18-9-7-16(8-10-18)15-32(27,28)29)21-17(13-23)14-24-22-20(21)11-12-26(22)33(30,31)19-5-3-2-4-6-19/h2-6,11-12,14,16,18H,7-10,15H2,1H3,(H,27,28,29)/t16-,18-. The zero-order valence-corrected chi connectivity index (χ0v) is 19.6. The maximum absolute atomic E-state index is 13.2. The van der Waals surface area contributed by atoms with Crippen molar-refractivity contribution in [2.24, 2.45) is 5.92 Å². The minimum atomic E-state index is -4.01. The molecule has 11 heteroatoms. The summed E-state index contributed by atoms with van der Waals surface area (Å²) < 4.78 is 59.0. The Labute approximate surface area is 193 Å². The largest absolute Gasteiger partial charge is 0.370 e. The van der Waals surface area contributed by atoms with Crippen molar-refractivity contribution in [1.82, 2.24) is 8.96 Å². The van der Waals surface area contributed by atoms with Gasteiger partial charge in [-0.1, -0.05) is 18.2 Å². The van der Waals surface area contributed by atoms with Gasteiger partial charge < -0.3 is 4.90 Å². The first-order valence-electron chi connectivity index (χ1n) is 10.5. The molecule has 1 fully saturated rings. The van der Waals surface area contributed by atoms with Crippen LogP contribution in [-0.4, -0.2) is 49.2 Å². The summed E-state index contributed by atoms with van der Waals surface area (Å²) in [7, 11) is -6.02. The Balaban J connectivity index is 1.69. The van der Waals surface area contributed by atoms with Gasteiger partial charge >= 0.3 is 0 Å². The van der Waals surface area contributed by atoms with Crippen LogP contribution in [0.1, 0.15) is 31.2 Å². The lowest BCUT2D eigenvalue weighted by atomic mass is 9.86. The van der Waals surface area contributed by atoms with Crippen LogP contribution < -0.4 is 4.90 Å². The van der Waals surface area contributed by atoms with E-state index in [1.165, 1.54) is 24.5 Å². The Morgan fingerprint density at radius 2 is 1.79 bits per heavy atom. The highest BCUT2D eigenvalue weighted by molar-refractivity contribution is 7.90. The van der Waals surface area contributed by atoms with E-state index in [4.69, 9.17) is 4.55 Å². The Bertz CT molecular complexity index is 1420. The van der Waals surface area contributed by atoms with Crippen LogP contribution in [0, 0.1) is 17.2 Å². The number of hydrogen-bond acceptors (Lipinski definition) is 7. The first-order chi connectivity index (χ1) is 15.6. The van der Waals surface area contributed by atoms with Crippen molar-refractivity contribution in [3.05, 3.63) is 54.4 Å². The number of hydrogen-bond donors (Lipinski definition) is 1. The second kappa shape index (κ2) is 8.78. The predicted octanol–water partition coefficient (Wildman–Crippen LogP) is 3.03. The molecular formula is C22H24N4O5S2. The van der Waals surface area contributed by atoms with Gasteiger partial charge in [-0.3, -0.25) is 4.55 Å². The number of pyridine rings is 1. The quantitative estimate of drug-likeness (QED) is 0.524. The fourth-order valence-electron chi connectivity index (χ4n) is 4.59. The molecule has 0 radical (unpaired) electrons. The molecule has 174 valence electrons. The molecule has 0 bridgehead atoms. The van der Waals surface area contributed by atoms with E-state index in [2.05, 4.69) is 11.1 Å². The lowest BCUT2D eigenvalue weighted by molar-refractivity contribution is 0.335. The van der Waals surface area contributed by atoms with Crippen LogP contribution in [0.3, 0.4) is 0 Å². The van der Waals surface area contributed by atoms with Crippen molar-refractivity contribution in [3.8, 4) is 6.07 Å². The molecule has 0 atom stereocenters. The molecular weight excluding hydrogens is 464 g/mol. The van der Waals surface area contributed by atoms with Crippen LogP contribution in [0.5, 0.6) is 0 Å². The topological polar surface area (TPSA) is 133 Å². The third-order valence-electron chi connectivity index (χ3n) is 6.24. The third kappa shape index (κ3) is 4.59. The molecule has 1 aliphatic rings. The van der Waals surface area contributed by atoms with Crippen molar-refractivity contribution in [1.29, 1.82) is 5.26 Å². The van der Waals surface area contributed by atoms with Gasteiger partial charge in [0.2, 0.25) is 0 Å². The normalized spacial score (nSPS) is 19.3. The predicted molar refractivity (Wildman–Crippen MR) is 124 cm³/mol. The number of nitrogens with zero attached hydrogens (tertiary/aromatic N) is 4. The maximum Gasteiger partial charge on any atom is 0.269 e. The molecule has 2 heterocycles. The first kappa shape index (κ1) is 23.2. The third-order valence-corrected chi connectivity index (χ3v) is 8.81. The summed E-state index contributed by atoms with van der Waals surface area (Å²) in [6.45, 7) is 0. The first-order valence-corrected chi connectivity index (χ1v) is 13.6. The van der Waals surface area contributed by atoms with E-state index in [0.29, 0.717) is 42.3 Å². The van der Waals surface area contributed by atoms with Crippen molar-refractivity contribution in [2.45, 2.75) is 36.6 Å². The van der Waals surface area contributed by atoms with E-state index in [-0.39, 0.29) is 28.3 Å². The van der Waals surface area contributed by atoms with Gasteiger partial charge in [-0.2, -0.15) is 13.7 Å². The highest BCUT2D eigenvalue weighted by atomic mass is 32.2. The Kier molecular flexibility index (Phi) is 6.18. The minimum Gasteiger partial charge on any atom is -0.370 e. The lowest BCUT2D eigenvalue weighted by Gasteiger charge is -2.36. The van der Waals surface area contributed by atoms with Crippen molar-refractivity contribution < 1.29 is 21.4 Å². The van der Waals surface area contributed by atoms with E-state index in [1.807, 2.05) is 11.9 Å². The molecule has 0 amide bonds. The van der Waals surface area contributed by atoms with Gasteiger partial charge in [0.25, 0.3) is 20.1 Å². The average molecular weight is 489 g/mol. The number of benzene rings is 1. The van der Waals surface area contributed by atoms with E-state index in [1.54, 1.807) is 24.3 Å². The summed E-state index contributed by atoms with van der Waals surface area (Å²) in [5.41, 5.74) is 1.17. The van der Waals surface area contributed by atoms with Crippen molar-refractivity contribution in [2.75, 3.05) is 17.7 Å². The van der Waals surface area contributed by atoms with Crippen LogP contribution >= 0.6 is 0 Å². The number of fused-ring (bicyclic) bond motifs is 1. The lowest BCUT2D eigenvalue weighted by Crippen LogP contribution is -2.37. The van der Waals surface area contributed by atoms with E-state index >= 15 is 0 Å². The average Bonchev–Trinajstić information content (AvgIpc) is 3.23. The second-order valence-corrected chi connectivity index (χ2v) is 11.6. The Hall–Kier alpha value is -2.94. The van der Waals surface area contributed by atoms with Crippen LogP contribution in [-0.2, 0) is 20.1 Å². The zero-order chi connectivity index (χ0) is 23.8. The van der Waals surface area contributed by atoms with E-state index in [0.717, 1.165) is 3.97 Å². The van der Waals surface area contributed by atoms with Crippen molar-refractivity contribution >= 4 is 36.9 Å². The smallest absolute Gasteiger partial charge is 0.269 e. The maximum atomic E-state index is 13.2. The molecule has 1 aliphatic carbocycles. The van der Waals surface area contributed by atoms with Crippen LogP contribution in [0.2, 0.25) is 0 Å². The summed E-state index contributed by atoms with van der Waals surface area (Å²) in [6.07, 6.45) is 5.47. The highest BCUT2D eigenvalue weighted by Crippen LogP contribution is 2.36. The highest BCUT2D eigenvalue weighted by Gasteiger charge is 2.30. The van der Waals surface area contributed by atoms with Crippen LogP contribution in [0.15, 0.2) is 53.7 Å². The number of aromatic nitrogens is 2. The number of nitriles is 1. The molecule has 9 nitrogen and oxygen atoms in total. The van der Waals surface area contributed by atoms with Gasteiger partial charge in [0.15, 0.2) is 5.65 Å². The summed E-state index contributed by atoms with van der Waals surface area (Å²) in [5, 5.41) is 10.3. The monoisotopic (exact) mass is 488 g/mol. The SMILES string of the molecule is CN(c1c(C#N)cnc2c1ccn2S(=O)(=O)c1ccccc1)[C@H]1CC[C@H](CS(=O)(=O)O)CC1. The summed E-state index contributed by atoms with van der Waals surface area (Å²) in [6, 6.07) is 11.9. The molecule has 0 spiro atoms. The number of anilines is 1. The second-order valence-electron chi connectivity index (χ2n) is 8.33.